The van der Waals surface area contributed by atoms with Crippen LogP contribution in [0.1, 0.15) is 11.3 Å². The molecule has 0 bridgehead atoms. The van der Waals surface area contributed by atoms with Crippen molar-refractivity contribution in [3.63, 3.8) is 0 Å². The third kappa shape index (κ3) is 3.17. The van der Waals surface area contributed by atoms with E-state index in [9.17, 15) is 18.2 Å². The molecule has 8 heteroatoms. The van der Waals surface area contributed by atoms with Crippen molar-refractivity contribution in [2.45, 2.75) is 19.9 Å². The van der Waals surface area contributed by atoms with Crippen LogP contribution in [0.15, 0.2) is 36.4 Å². The van der Waals surface area contributed by atoms with Crippen LogP contribution in [0.3, 0.4) is 0 Å². The molecule has 128 valence electrons. The van der Waals surface area contributed by atoms with Gasteiger partial charge in [0.1, 0.15) is 0 Å². The molecule has 3 N–H and O–H groups in total. The average Bonchev–Trinajstić information content (AvgIpc) is 2.56. The van der Waals surface area contributed by atoms with Gasteiger partial charge in [0.25, 0.3) is 0 Å². The Morgan fingerprint density at radius 3 is 2.28 bits per heavy atom. The van der Waals surface area contributed by atoms with Gasteiger partial charge >= 0.3 is 13.1 Å². The molecule has 3 aromatic rings. The number of hydrogen-bond donors (Lipinski definition) is 2. The van der Waals surface area contributed by atoms with Gasteiger partial charge in [-0.2, -0.15) is 18.3 Å². The van der Waals surface area contributed by atoms with Gasteiger partial charge in [0.05, 0.1) is 11.3 Å². The molecule has 0 atom stereocenters. The maximum atomic E-state index is 13.1. The normalized spacial score (nSPS) is 11.8. The average molecular weight is 345 g/mol. The summed E-state index contributed by atoms with van der Waals surface area (Å²) in [5.74, 6) is 0.296. The van der Waals surface area contributed by atoms with Crippen molar-refractivity contribution in [1.82, 2.24) is 10.2 Å². The maximum Gasteiger partial charge on any atom is 0.415 e. The summed E-state index contributed by atoms with van der Waals surface area (Å²) in [6.07, 6.45) is -4.52. The highest BCUT2D eigenvalue weighted by Crippen LogP contribution is 2.32. The van der Waals surface area contributed by atoms with E-state index in [4.69, 9.17) is 5.73 Å². The van der Waals surface area contributed by atoms with E-state index in [1.165, 1.54) is 19.0 Å². The SMILES string of the molecule is CB(O)c1cc(-c2ccc3c(N)nnc(C)c3c2)ccc1C(F)(F)F. The van der Waals surface area contributed by atoms with Gasteiger partial charge in [-0.1, -0.05) is 25.0 Å². The lowest BCUT2D eigenvalue weighted by Crippen LogP contribution is -2.33. The summed E-state index contributed by atoms with van der Waals surface area (Å²) in [6.45, 7) is 1.86. The van der Waals surface area contributed by atoms with Crippen LogP contribution in [-0.4, -0.2) is 22.1 Å². The van der Waals surface area contributed by atoms with Crippen molar-refractivity contribution < 1.29 is 18.2 Å². The number of hydrogen-bond acceptors (Lipinski definition) is 4. The monoisotopic (exact) mass is 345 g/mol. The molecule has 3 rings (SSSR count). The van der Waals surface area contributed by atoms with Crippen LogP contribution in [0.5, 0.6) is 0 Å². The van der Waals surface area contributed by atoms with Gasteiger partial charge in [-0.3, -0.25) is 0 Å². The lowest BCUT2D eigenvalue weighted by Gasteiger charge is -2.15. The number of benzene rings is 2. The number of aryl methyl sites for hydroxylation is 1. The molecule has 0 fully saturated rings. The largest absolute Gasteiger partial charge is 0.446 e. The summed E-state index contributed by atoms with van der Waals surface area (Å²) in [5, 5.41) is 19.1. The molecule has 0 spiro atoms. The lowest BCUT2D eigenvalue weighted by molar-refractivity contribution is -0.136. The zero-order valence-corrected chi connectivity index (χ0v) is 13.6. The first-order valence-corrected chi connectivity index (χ1v) is 7.60. The molecule has 0 radical (unpaired) electrons. The van der Waals surface area contributed by atoms with Gasteiger partial charge in [0.15, 0.2) is 5.82 Å². The molecule has 0 saturated carbocycles. The zero-order chi connectivity index (χ0) is 18.4. The maximum absolute atomic E-state index is 13.1. The first-order chi connectivity index (χ1) is 11.7. The standard InChI is InChI=1S/C17H15BF3N3O/c1-9-13-7-10(3-5-12(13)16(22)24-23-9)11-4-6-14(17(19,20)21)15(8-11)18(2)25/h3-8,25H,1-2H3,(H2,22,24). The molecule has 0 aliphatic heterocycles. The van der Waals surface area contributed by atoms with Gasteiger partial charge in [-0.25, -0.2) is 0 Å². The number of rotatable bonds is 2. The predicted octanol–water partition coefficient (Wildman–Crippen LogP) is 3.03. The molecule has 0 saturated heterocycles. The van der Waals surface area contributed by atoms with E-state index in [0.717, 1.165) is 16.8 Å². The Morgan fingerprint density at radius 2 is 1.64 bits per heavy atom. The number of nitrogen functional groups attached to an aromatic ring is 1. The van der Waals surface area contributed by atoms with E-state index in [-0.39, 0.29) is 5.46 Å². The summed E-state index contributed by atoms with van der Waals surface area (Å²) >= 11 is 0. The molecule has 25 heavy (non-hydrogen) atoms. The van der Waals surface area contributed by atoms with Gasteiger partial charge < -0.3 is 10.8 Å². The first-order valence-electron chi connectivity index (χ1n) is 7.60. The number of halogens is 3. The van der Waals surface area contributed by atoms with E-state index in [2.05, 4.69) is 10.2 Å². The van der Waals surface area contributed by atoms with Crippen LogP contribution in [-0.2, 0) is 6.18 Å². The molecular formula is C17H15BF3N3O. The third-order valence-corrected chi connectivity index (χ3v) is 4.13. The van der Waals surface area contributed by atoms with Crippen molar-refractivity contribution in [2.24, 2.45) is 0 Å². The van der Waals surface area contributed by atoms with Crippen LogP contribution in [0.4, 0.5) is 19.0 Å². The number of alkyl halides is 3. The van der Waals surface area contributed by atoms with Crippen molar-refractivity contribution in [1.29, 1.82) is 0 Å². The topological polar surface area (TPSA) is 72.0 Å². The van der Waals surface area contributed by atoms with Crippen LogP contribution in [0.2, 0.25) is 6.82 Å². The number of aromatic nitrogens is 2. The summed E-state index contributed by atoms with van der Waals surface area (Å²) in [4.78, 5) is 0. The van der Waals surface area contributed by atoms with E-state index < -0.39 is 18.7 Å². The second-order valence-electron chi connectivity index (χ2n) is 5.91. The van der Waals surface area contributed by atoms with Crippen LogP contribution in [0.25, 0.3) is 21.9 Å². The molecule has 4 nitrogen and oxygen atoms in total. The minimum absolute atomic E-state index is 0.158. The Morgan fingerprint density at radius 1 is 1.00 bits per heavy atom. The highest BCUT2D eigenvalue weighted by atomic mass is 19.4. The fraction of sp³-hybridized carbons (Fsp3) is 0.176. The molecule has 1 aromatic heterocycles. The highest BCUT2D eigenvalue weighted by Gasteiger charge is 2.35. The molecule has 2 aromatic carbocycles. The number of anilines is 1. The molecule has 0 aliphatic rings. The quantitative estimate of drug-likeness (QED) is 0.701. The third-order valence-electron chi connectivity index (χ3n) is 4.13. The van der Waals surface area contributed by atoms with Crippen LogP contribution >= 0.6 is 0 Å². The van der Waals surface area contributed by atoms with Crippen molar-refractivity contribution >= 4 is 29.0 Å². The fourth-order valence-corrected chi connectivity index (χ4v) is 2.83. The number of fused-ring (bicyclic) bond motifs is 1. The fourth-order valence-electron chi connectivity index (χ4n) is 2.83. The lowest BCUT2D eigenvalue weighted by atomic mass is 9.62. The second kappa shape index (κ2) is 6.04. The van der Waals surface area contributed by atoms with Gasteiger partial charge in [-0.15, -0.1) is 5.10 Å². The number of nitrogens with two attached hydrogens (primary N) is 1. The van der Waals surface area contributed by atoms with Crippen molar-refractivity contribution in [3.8, 4) is 11.1 Å². The zero-order valence-electron chi connectivity index (χ0n) is 13.6. The smallest absolute Gasteiger partial charge is 0.415 e. The molecule has 0 aliphatic carbocycles. The summed E-state index contributed by atoms with van der Waals surface area (Å²) in [6, 6.07) is 9.08. The molecule has 1 heterocycles. The van der Waals surface area contributed by atoms with E-state index in [1.54, 1.807) is 19.1 Å². The van der Waals surface area contributed by atoms with E-state index in [1.807, 2.05) is 6.07 Å². The Balaban J connectivity index is 2.18. The van der Waals surface area contributed by atoms with Gasteiger partial charge in [0.2, 0.25) is 0 Å². The minimum Gasteiger partial charge on any atom is -0.446 e. The Kier molecular flexibility index (Phi) is 4.16. The Labute approximate surface area is 142 Å². The Hall–Kier alpha value is -2.61. The summed E-state index contributed by atoms with van der Waals surface area (Å²) in [5.41, 5.74) is 6.77. The predicted molar refractivity (Wildman–Crippen MR) is 92.6 cm³/mol. The molecule has 0 unspecified atom stereocenters. The van der Waals surface area contributed by atoms with E-state index >= 15 is 0 Å². The van der Waals surface area contributed by atoms with Crippen LogP contribution in [0, 0.1) is 6.92 Å². The molecule has 0 amide bonds. The van der Waals surface area contributed by atoms with Gasteiger partial charge in [0, 0.05) is 10.8 Å². The second-order valence-corrected chi connectivity index (χ2v) is 5.91. The van der Waals surface area contributed by atoms with Crippen molar-refractivity contribution in [2.75, 3.05) is 5.73 Å². The van der Waals surface area contributed by atoms with Crippen molar-refractivity contribution in [3.05, 3.63) is 47.7 Å². The van der Waals surface area contributed by atoms with E-state index in [0.29, 0.717) is 22.6 Å². The summed E-state index contributed by atoms with van der Waals surface area (Å²) in [7, 11) is 0. The highest BCUT2D eigenvalue weighted by molar-refractivity contribution is 6.65. The first kappa shape index (κ1) is 17.2. The van der Waals surface area contributed by atoms with Crippen LogP contribution < -0.4 is 11.2 Å². The Bertz CT molecular complexity index is 958. The minimum atomic E-state index is -4.52. The number of nitrogens with zero attached hydrogens (tertiary/aromatic N) is 2. The molecular weight excluding hydrogens is 330 g/mol. The summed E-state index contributed by atoms with van der Waals surface area (Å²) < 4.78 is 39.3. The van der Waals surface area contributed by atoms with Gasteiger partial charge in [-0.05, 0) is 41.7 Å².